The van der Waals surface area contributed by atoms with Crippen molar-refractivity contribution < 1.29 is 9.15 Å². The van der Waals surface area contributed by atoms with E-state index >= 15 is 0 Å². The van der Waals surface area contributed by atoms with Gasteiger partial charge in [-0.15, -0.1) is 0 Å². The summed E-state index contributed by atoms with van der Waals surface area (Å²) in [7, 11) is 1.67. The number of hydrogen-bond donors (Lipinski definition) is 0. The lowest BCUT2D eigenvalue weighted by molar-refractivity contribution is 0.415. The highest BCUT2D eigenvalue weighted by atomic mass is 16.5. The summed E-state index contributed by atoms with van der Waals surface area (Å²) in [5, 5.41) is 1.14. The molecule has 2 aromatic carbocycles. The number of fused-ring (bicyclic) bond motifs is 1. The third kappa shape index (κ3) is 2.59. The second kappa shape index (κ2) is 5.25. The van der Waals surface area contributed by atoms with Gasteiger partial charge in [-0.2, -0.15) is 0 Å². The normalized spacial score (nSPS) is 11.3. The van der Waals surface area contributed by atoms with Crippen molar-refractivity contribution in [1.29, 1.82) is 0 Å². The van der Waals surface area contributed by atoms with E-state index in [0.717, 1.165) is 28.0 Å². The van der Waals surface area contributed by atoms with Gasteiger partial charge in [-0.3, -0.25) is 0 Å². The van der Waals surface area contributed by atoms with E-state index in [1.807, 2.05) is 42.5 Å². The fourth-order valence-electron chi connectivity index (χ4n) is 2.16. The summed E-state index contributed by atoms with van der Waals surface area (Å²) in [4.78, 5) is 0. The van der Waals surface area contributed by atoms with Gasteiger partial charge in [0.1, 0.15) is 17.1 Å². The van der Waals surface area contributed by atoms with Gasteiger partial charge in [0.25, 0.3) is 0 Å². The molecular weight excluding hydrogens is 248 g/mol. The summed E-state index contributed by atoms with van der Waals surface area (Å²) in [5.74, 6) is 1.72. The van der Waals surface area contributed by atoms with E-state index in [1.165, 1.54) is 5.56 Å². The fraction of sp³-hybridized carbons (Fsp3) is 0.111. The number of hydrogen-bond acceptors (Lipinski definition) is 2. The first-order valence-electron chi connectivity index (χ1n) is 6.57. The molecule has 1 heterocycles. The summed E-state index contributed by atoms with van der Waals surface area (Å²) in [6.07, 6.45) is 4.02. The van der Waals surface area contributed by atoms with Gasteiger partial charge < -0.3 is 9.15 Å². The third-order valence-corrected chi connectivity index (χ3v) is 3.25. The van der Waals surface area contributed by atoms with Crippen molar-refractivity contribution in [1.82, 2.24) is 0 Å². The highest BCUT2D eigenvalue weighted by Crippen LogP contribution is 2.22. The standard InChI is InChI=1S/C18H16O2/c1-13-3-10-18-15(11-13)12-17(20-18)9-6-14-4-7-16(19-2)8-5-14/h3-12H,1-2H3/b9-6+. The SMILES string of the molecule is COc1ccc(/C=C/c2cc3cc(C)ccc3o2)cc1. The Bertz CT molecular complexity index is 749. The van der Waals surface area contributed by atoms with Gasteiger partial charge >= 0.3 is 0 Å². The van der Waals surface area contributed by atoms with E-state index in [1.54, 1.807) is 7.11 Å². The molecule has 0 fully saturated rings. The molecule has 0 unspecified atom stereocenters. The number of furan rings is 1. The summed E-state index contributed by atoms with van der Waals surface area (Å²) in [5.41, 5.74) is 3.27. The molecule has 2 heteroatoms. The minimum absolute atomic E-state index is 0.862. The summed E-state index contributed by atoms with van der Waals surface area (Å²) >= 11 is 0. The predicted octanol–water partition coefficient (Wildman–Crippen LogP) is 4.92. The molecule has 20 heavy (non-hydrogen) atoms. The van der Waals surface area contributed by atoms with Crippen LogP contribution in [-0.4, -0.2) is 7.11 Å². The molecule has 0 aliphatic heterocycles. The van der Waals surface area contributed by atoms with Crippen molar-refractivity contribution in [3.63, 3.8) is 0 Å². The lowest BCUT2D eigenvalue weighted by Crippen LogP contribution is -1.81. The Kier molecular flexibility index (Phi) is 3.30. The molecule has 0 aliphatic carbocycles. The molecule has 0 N–H and O–H groups in total. The van der Waals surface area contributed by atoms with E-state index in [-0.39, 0.29) is 0 Å². The van der Waals surface area contributed by atoms with Crippen LogP contribution in [0.25, 0.3) is 23.1 Å². The van der Waals surface area contributed by atoms with Crippen LogP contribution in [0.15, 0.2) is 52.9 Å². The third-order valence-electron chi connectivity index (χ3n) is 3.25. The minimum Gasteiger partial charge on any atom is -0.497 e. The molecule has 3 aromatic rings. The Hall–Kier alpha value is -2.48. The number of methoxy groups -OCH3 is 1. The minimum atomic E-state index is 0.862. The Balaban J connectivity index is 1.85. The van der Waals surface area contributed by atoms with Crippen LogP contribution >= 0.6 is 0 Å². The van der Waals surface area contributed by atoms with Gasteiger partial charge in [0.15, 0.2) is 0 Å². The lowest BCUT2D eigenvalue weighted by atomic mass is 10.1. The second-order valence-electron chi connectivity index (χ2n) is 4.80. The van der Waals surface area contributed by atoms with E-state index in [9.17, 15) is 0 Å². The van der Waals surface area contributed by atoms with Crippen LogP contribution in [0.2, 0.25) is 0 Å². The van der Waals surface area contributed by atoms with Crippen LogP contribution in [0.5, 0.6) is 5.75 Å². The average molecular weight is 264 g/mol. The number of benzene rings is 2. The van der Waals surface area contributed by atoms with Gasteiger partial charge in [-0.05, 0) is 48.9 Å². The molecule has 0 amide bonds. The Labute approximate surface area is 118 Å². The molecule has 0 radical (unpaired) electrons. The average Bonchev–Trinajstić information content (AvgIpc) is 2.87. The topological polar surface area (TPSA) is 22.4 Å². The smallest absolute Gasteiger partial charge is 0.134 e. The van der Waals surface area contributed by atoms with Gasteiger partial charge in [0.05, 0.1) is 7.11 Å². The lowest BCUT2D eigenvalue weighted by Gasteiger charge is -1.98. The van der Waals surface area contributed by atoms with Gasteiger partial charge in [-0.1, -0.05) is 29.8 Å². The molecule has 0 atom stereocenters. The summed E-state index contributed by atoms with van der Waals surface area (Å²) < 4.78 is 10.9. The highest BCUT2D eigenvalue weighted by Gasteiger charge is 2.00. The first kappa shape index (κ1) is 12.5. The molecule has 0 aliphatic rings. The van der Waals surface area contributed by atoms with Crippen LogP contribution in [0.4, 0.5) is 0 Å². The summed E-state index contributed by atoms with van der Waals surface area (Å²) in [6.45, 7) is 2.08. The van der Waals surface area contributed by atoms with E-state index in [0.29, 0.717) is 0 Å². The van der Waals surface area contributed by atoms with Crippen LogP contribution < -0.4 is 4.74 Å². The molecule has 0 saturated heterocycles. The van der Waals surface area contributed by atoms with Crippen molar-refractivity contribution in [2.24, 2.45) is 0 Å². The summed E-state index contributed by atoms with van der Waals surface area (Å²) in [6, 6.07) is 16.2. The van der Waals surface area contributed by atoms with Gasteiger partial charge in [0, 0.05) is 5.39 Å². The van der Waals surface area contributed by atoms with Crippen LogP contribution in [0.1, 0.15) is 16.9 Å². The van der Waals surface area contributed by atoms with Crippen LogP contribution in [-0.2, 0) is 0 Å². The Morgan fingerprint density at radius 2 is 1.75 bits per heavy atom. The van der Waals surface area contributed by atoms with Crippen molar-refractivity contribution in [3.05, 3.63) is 65.4 Å². The Morgan fingerprint density at radius 3 is 2.50 bits per heavy atom. The van der Waals surface area contributed by atoms with Crippen molar-refractivity contribution in [3.8, 4) is 5.75 Å². The molecule has 0 saturated carbocycles. The molecule has 100 valence electrons. The largest absolute Gasteiger partial charge is 0.497 e. The first-order valence-corrected chi connectivity index (χ1v) is 6.57. The Morgan fingerprint density at radius 1 is 0.950 bits per heavy atom. The monoisotopic (exact) mass is 264 g/mol. The van der Waals surface area contributed by atoms with E-state index in [2.05, 4.69) is 25.1 Å². The van der Waals surface area contributed by atoms with E-state index < -0.39 is 0 Å². The number of aryl methyl sites for hydroxylation is 1. The van der Waals surface area contributed by atoms with Crippen molar-refractivity contribution in [2.75, 3.05) is 7.11 Å². The quantitative estimate of drug-likeness (QED) is 0.670. The molecule has 1 aromatic heterocycles. The van der Waals surface area contributed by atoms with Crippen molar-refractivity contribution in [2.45, 2.75) is 6.92 Å². The maximum absolute atomic E-state index is 5.78. The fourth-order valence-corrected chi connectivity index (χ4v) is 2.16. The molecule has 0 bridgehead atoms. The zero-order valence-corrected chi connectivity index (χ0v) is 11.6. The van der Waals surface area contributed by atoms with Crippen LogP contribution in [0.3, 0.4) is 0 Å². The van der Waals surface area contributed by atoms with Gasteiger partial charge in [-0.25, -0.2) is 0 Å². The second-order valence-corrected chi connectivity index (χ2v) is 4.80. The number of ether oxygens (including phenoxy) is 1. The van der Waals surface area contributed by atoms with E-state index in [4.69, 9.17) is 9.15 Å². The maximum Gasteiger partial charge on any atom is 0.134 e. The zero-order chi connectivity index (χ0) is 13.9. The maximum atomic E-state index is 5.78. The molecular formula is C18H16O2. The highest BCUT2D eigenvalue weighted by molar-refractivity contribution is 5.82. The van der Waals surface area contributed by atoms with Crippen LogP contribution in [0, 0.1) is 6.92 Å². The first-order chi connectivity index (χ1) is 9.74. The zero-order valence-electron chi connectivity index (χ0n) is 11.6. The van der Waals surface area contributed by atoms with Gasteiger partial charge in [0.2, 0.25) is 0 Å². The molecule has 3 rings (SSSR count). The predicted molar refractivity (Wildman–Crippen MR) is 82.9 cm³/mol. The number of rotatable bonds is 3. The van der Waals surface area contributed by atoms with Crippen molar-refractivity contribution >= 4 is 23.1 Å². The molecule has 0 spiro atoms. The molecule has 2 nitrogen and oxygen atoms in total.